The average molecular weight is 485 g/mol. The molecule has 0 saturated carbocycles. The summed E-state index contributed by atoms with van der Waals surface area (Å²) in [6.45, 7) is 11.5. The van der Waals surface area contributed by atoms with E-state index in [0.717, 1.165) is 0 Å². The number of hydrogen-bond acceptors (Lipinski definition) is 9. The molecule has 0 spiro atoms. The number of rotatable bonds is 11. The molecule has 12 nitrogen and oxygen atoms in total. The van der Waals surface area contributed by atoms with Crippen LogP contribution >= 0.6 is 0 Å². The fourth-order valence-corrected chi connectivity index (χ4v) is 2.47. The zero-order valence-electron chi connectivity index (χ0n) is 20.7. The highest BCUT2D eigenvalue weighted by Crippen LogP contribution is 2.36. The Balaban J connectivity index is 2.55. The number of nitrogen functional groups attached to an aromatic ring is 1. The van der Waals surface area contributed by atoms with Gasteiger partial charge in [-0.15, -0.1) is 0 Å². The van der Waals surface area contributed by atoms with Crippen LogP contribution in [-0.2, 0) is 9.47 Å². The van der Waals surface area contributed by atoms with E-state index in [2.05, 4.69) is 10.6 Å². The van der Waals surface area contributed by atoms with Crippen molar-refractivity contribution in [3.05, 3.63) is 22.2 Å². The van der Waals surface area contributed by atoms with E-state index >= 15 is 0 Å². The molecular weight excluding hydrogens is 448 g/mol. The summed E-state index contributed by atoms with van der Waals surface area (Å²) in [6.07, 6.45) is -0.225. The highest BCUT2D eigenvalue weighted by atomic mass is 16.6. The smallest absolute Gasteiger partial charge is 0.407 e. The fourth-order valence-electron chi connectivity index (χ4n) is 2.47. The Kier molecular flexibility index (Phi) is 10.7. The molecule has 12 heteroatoms. The molecule has 0 aliphatic carbocycles. The number of nitrogens with zero attached hydrogens (tertiary/aromatic N) is 1. The SMILES string of the molecule is CC(C)(C)OC(=O)NCCCOc1cc(OCCCNC(=O)OC(C)(C)C)c([N+](=O)[O-])cc1N. The molecule has 0 radical (unpaired) electrons. The van der Waals surface area contributed by atoms with Crippen molar-refractivity contribution in [1.29, 1.82) is 0 Å². The van der Waals surface area contributed by atoms with Crippen molar-refractivity contribution in [2.75, 3.05) is 32.0 Å². The van der Waals surface area contributed by atoms with Gasteiger partial charge in [0, 0.05) is 25.2 Å². The lowest BCUT2D eigenvalue weighted by Gasteiger charge is -2.19. The molecule has 0 saturated heterocycles. The maximum Gasteiger partial charge on any atom is 0.407 e. The Labute approximate surface area is 199 Å². The van der Waals surface area contributed by atoms with Crippen LogP contribution in [0.5, 0.6) is 11.5 Å². The summed E-state index contributed by atoms with van der Waals surface area (Å²) in [4.78, 5) is 34.0. The van der Waals surface area contributed by atoms with Crippen molar-refractivity contribution in [2.24, 2.45) is 0 Å². The van der Waals surface area contributed by atoms with Crippen LogP contribution in [-0.4, -0.2) is 54.6 Å². The number of benzene rings is 1. The minimum atomic E-state index is -0.604. The number of nitro benzene ring substituents is 1. The Bertz CT molecular complexity index is 847. The highest BCUT2D eigenvalue weighted by Gasteiger charge is 2.20. The second kappa shape index (κ2) is 12.7. The van der Waals surface area contributed by atoms with Gasteiger partial charge in [0.1, 0.15) is 17.0 Å². The summed E-state index contributed by atoms with van der Waals surface area (Å²) in [5.41, 5.74) is 4.49. The molecule has 0 aliphatic heterocycles. The molecule has 1 aromatic carbocycles. The van der Waals surface area contributed by atoms with Gasteiger partial charge in [0.15, 0.2) is 0 Å². The lowest BCUT2D eigenvalue weighted by atomic mass is 10.2. The van der Waals surface area contributed by atoms with Crippen molar-refractivity contribution < 1.29 is 33.5 Å². The van der Waals surface area contributed by atoms with Gasteiger partial charge in [-0.3, -0.25) is 10.1 Å². The minimum Gasteiger partial charge on any atom is -0.491 e. The van der Waals surface area contributed by atoms with Gasteiger partial charge in [-0.1, -0.05) is 0 Å². The van der Waals surface area contributed by atoms with Crippen LogP contribution < -0.4 is 25.8 Å². The third-order valence-corrected chi connectivity index (χ3v) is 3.78. The van der Waals surface area contributed by atoms with E-state index in [1.165, 1.54) is 12.1 Å². The molecule has 192 valence electrons. The Morgan fingerprint density at radius 1 is 0.882 bits per heavy atom. The van der Waals surface area contributed by atoms with Gasteiger partial charge in [-0.05, 0) is 54.4 Å². The standard InChI is InChI=1S/C22H36N4O8/c1-21(2,3)33-19(27)24-9-7-11-31-17-14-18(16(26(29)30)13-15(17)23)32-12-8-10-25-20(28)34-22(4,5)6/h13-14H,7-12,23H2,1-6H3,(H,24,27)(H,25,28). The van der Waals surface area contributed by atoms with Crippen LogP contribution in [0.3, 0.4) is 0 Å². The van der Waals surface area contributed by atoms with Crippen LogP contribution in [0.15, 0.2) is 12.1 Å². The average Bonchev–Trinajstić information content (AvgIpc) is 2.66. The van der Waals surface area contributed by atoms with Crippen LogP contribution in [0.25, 0.3) is 0 Å². The first kappa shape index (κ1) is 28.6. The third kappa shape index (κ3) is 12.0. The molecule has 1 aromatic rings. The number of amides is 2. The van der Waals surface area contributed by atoms with Crippen LogP contribution in [0.2, 0.25) is 0 Å². The molecule has 0 aliphatic rings. The lowest BCUT2D eigenvalue weighted by molar-refractivity contribution is -0.385. The number of nitro groups is 1. The molecule has 2 amide bonds. The predicted molar refractivity (Wildman–Crippen MR) is 126 cm³/mol. The van der Waals surface area contributed by atoms with E-state index in [4.69, 9.17) is 24.7 Å². The van der Waals surface area contributed by atoms with Gasteiger partial charge in [0.05, 0.1) is 23.8 Å². The number of nitrogens with two attached hydrogens (primary N) is 1. The van der Waals surface area contributed by atoms with Gasteiger partial charge < -0.3 is 35.3 Å². The molecule has 0 bridgehead atoms. The van der Waals surface area contributed by atoms with E-state index in [0.29, 0.717) is 19.4 Å². The maximum atomic E-state index is 11.6. The zero-order chi connectivity index (χ0) is 25.9. The summed E-state index contributed by atoms with van der Waals surface area (Å²) in [5, 5.41) is 16.6. The van der Waals surface area contributed by atoms with Crippen molar-refractivity contribution in [1.82, 2.24) is 10.6 Å². The molecular formula is C22H36N4O8. The first-order valence-electron chi connectivity index (χ1n) is 10.9. The number of carbonyl (C=O) groups excluding carboxylic acids is 2. The topological polar surface area (TPSA) is 164 Å². The van der Waals surface area contributed by atoms with Crippen LogP contribution in [0, 0.1) is 10.1 Å². The molecule has 0 heterocycles. The Morgan fingerprint density at radius 2 is 1.32 bits per heavy atom. The normalized spacial score (nSPS) is 11.4. The predicted octanol–water partition coefficient (Wildman–Crippen LogP) is 3.76. The molecule has 1 rings (SSSR count). The van der Waals surface area contributed by atoms with E-state index in [9.17, 15) is 19.7 Å². The summed E-state index contributed by atoms with van der Waals surface area (Å²) in [5.74, 6) is 0.225. The number of carbonyl (C=O) groups is 2. The second-order valence-corrected chi connectivity index (χ2v) is 9.38. The fraction of sp³-hybridized carbons (Fsp3) is 0.636. The van der Waals surface area contributed by atoms with Crippen molar-refractivity contribution in [3.8, 4) is 11.5 Å². The second-order valence-electron chi connectivity index (χ2n) is 9.38. The zero-order valence-corrected chi connectivity index (χ0v) is 20.7. The van der Waals surface area contributed by atoms with Gasteiger partial charge in [-0.25, -0.2) is 9.59 Å². The summed E-state index contributed by atoms with van der Waals surface area (Å²) >= 11 is 0. The number of ether oxygens (including phenoxy) is 4. The van der Waals surface area contributed by atoms with E-state index in [1.54, 1.807) is 41.5 Å². The number of hydrogen-bond donors (Lipinski definition) is 3. The van der Waals surface area contributed by atoms with Gasteiger partial charge in [-0.2, -0.15) is 0 Å². The summed E-state index contributed by atoms with van der Waals surface area (Å²) in [6, 6.07) is 2.53. The van der Waals surface area contributed by atoms with Crippen molar-refractivity contribution >= 4 is 23.6 Å². The lowest BCUT2D eigenvalue weighted by Crippen LogP contribution is -2.33. The molecule has 4 N–H and O–H groups in total. The molecule has 0 atom stereocenters. The minimum absolute atomic E-state index is 0.00153. The van der Waals surface area contributed by atoms with Gasteiger partial charge >= 0.3 is 17.9 Å². The van der Waals surface area contributed by atoms with E-state index in [-0.39, 0.29) is 42.6 Å². The maximum absolute atomic E-state index is 11.6. The molecule has 0 fully saturated rings. The highest BCUT2D eigenvalue weighted by molar-refractivity contribution is 5.68. The van der Waals surface area contributed by atoms with Crippen molar-refractivity contribution in [2.45, 2.75) is 65.6 Å². The quantitative estimate of drug-likeness (QED) is 0.183. The number of anilines is 1. The van der Waals surface area contributed by atoms with Gasteiger partial charge in [0.2, 0.25) is 5.75 Å². The van der Waals surface area contributed by atoms with Crippen LogP contribution in [0.1, 0.15) is 54.4 Å². The number of nitrogens with one attached hydrogen (secondary N) is 2. The monoisotopic (exact) mass is 484 g/mol. The van der Waals surface area contributed by atoms with Crippen LogP contribution in [0.4, 0.5) is 21.0 Å². The molecule has 34 heavy (non-hydrogen) atoms. The largest absolute Gasteiger partial charge is 0.491 e. The molecule has 0 unspecified atom stereocenters. The van der Waals surface area contributed by atoms with E-state index < -0.39 is 28.3 Å². The summed E-state index contributed by atoms with van der Waals surface area (Å²) < 4.78 is 21.4. The Morgan fingerprint density at radius 3 is 1.74 bits per heavy atom. The first-order chi connectivity index (χ1) is 15.7. The third-order valence-electron chi connectivity index (χ3n) is 3.78. The Hall–Kier alpha value is -3.44. The number of alkyl carbamates (subject to hydrolysis) is 2. The van der Waals surface area contributed by atoms with Crippen molar-refractivity contribution in [3.63, 3.8) is 0 Å². The van der Waals surface area contributed by atoms with Gasteiger partial charge in [0.25, 0.3) is 0 Å². The first-order valence-corrected chi connectivity index (χ1v) is 10.9. The van der Waals surface area contributed by atoms with E-state index in [1.807, 2.05) is 0 Å². The molecule has 0 aromatic heterocycles. The summed E-state index contributed by atoms with van der Waals surface area (Å²) in [7, 11) is 0.